The van der Waals surface area contributed by atoms with Crippen LogP contribution in [0.5, 0.6) is 11.6 Å². The number of pyridine rings is 1. The maximum atomic E-state index is 12.8. The first-order valence-electron chi connectivity index (χ1n) is 4.74. The minimum Gasteiger partial charge on any atom is -0.437 e. The van der Waals surface area contributed by atoms with Crippen LogP contribution < -0.4 is 4.74 Å². The zero-order chi connectivity index (χ0) is 12.3. The molecule has 0 aliphatic heterocycles. The predicted molar refractivity (Wildman–Crippen MR) is 61.1 cm³/mol. The third kappa shape index (κ3) is 2.60. The van der Waals surface area contributed by atoms with Crippen LogP contribution in [0.4, 0.5) is 4.39 Å². The molecule has 0 bridgehead atoms. The fourth-order valence-corrected chi connectivity index (χ4v) is 1.45. The Morgan fingerprint density at radius 3 is 2.88 bits per heavy atom. The molecule has 0 atom stereocenters. The van der Waals surface area contributed by atoms with Gasteiger partial charge in [0.25, 0.3) is 0 Å². The first kappa shape index (κ1) is 11.5. The summed E-state index contributed by atoms with van der Waals surface area (Å²) >= 11 is 5.79. The van der Waals surface area contributed by atoms with Gasteiger partial charge >= 0.3 is 0 Å². The summed E-state index contributed by atoms with van der Waals surface area (Å²) in [4.78, 5) is 14.6. The van der Waals surface area contributed by atoms with Gasteiger partial charge in [-0.05, 0) is 30.3 Å². The van der Waals surface area contributed by atoms with Gasteiger partial charge in [0.15, 0.2) is 6.29 Å². The van der Waals surface area contributed by atoms with Crippen molar-refractivity contribution in [3.8, 4) is 11.6 Å². The quantitative estimate of drug-likeness (QED) is 0.784. The monoisotopic (exact) mass is 251 g/mol. The van der Waals surface area contributed by atoms with E-state index >= 15 is 0 Å². The average molecular weight is 252 g/mol. The molecule has 0 saturated heterocycles. The first-order valence-corrected chi connectivity index (χ1v) is 5.11. The zero-order valence-corrected chi connectivity index (χ0v) is 9.32. The van der Waals surface area contributed by atoms with Gasteiger partial charge in [0.05, 0.1) is 10.6 Å². The molecular weight excluding hydrogens is 245 g/mol. The van der Waals surface area contributed by atoms with Crippen molar-refractivity contribution in [2.75, 3.05) is 0 Å². The van der Waals surface area contributed by atoms with E-state index in [4.69, 9.17) is 16.3 Å². The number of hydrogen-bond donors (Lipinski definition) is 0. The summed E-state index contributed by atoms with van der Waals surface area (Å²) in [6.45, 7) is 0. The molecule has 0 saturated carbocycles. The molecule has 0 aliphatic carbocycles. The number of aromatic nitrogens is 1. The maximum absolute atomic E-state index is 12.8. The zero-order valence-electron chi connectivity index (χ0n) is 8.56. The highest BCUT2D eigenvalue weighted by Gasteiger charge is 2.08. The van der Waals surface area contributed by atoms with Gasteiger partial charge < -0.3 is 4.74 Å². The number of ether oxygens (including phenoxy) is 1. The summed E-state index contributed by atoms with van der Waals surface area (Å²) in [7, 11) is 0. The number of carbonyl (C=O) groups excluding carboxylic acids is 1. The maximum Gasteiger partial charge on any atom is 0.229 e. The Balaban J connectivity index is 2.34. The molecular formula is C12H7ClFNO2. The second-order valence-corrected chi connectivity index (χ2v) is 3.60. The van der Waals surface area contributed by atoms with Crippen LogP contribution in [0.2, 0.25) is 5.02 Å². The molecule has 3 nitrogen and oxygen atoms in total. The SMILES string of the molecule is O=Cc1cccnc1Oc1ccc(F)cc1Cl. The fourth-order valence-electron chi connectivity index (χ4n) is 1.24. The Bertz CT molecular complexity index is 560. The van der Waals surface area contributed by atoms with Crippen molar-refractivity contribution >= 4 is 17.9 Å². The molecule has 0 aliphatic rings. The summed E-state index contributed by atoms with van der Waals surface area (Å²) in [5, 5.41) is 0.118. The molecule has 2 rings (SSSR count). The van der Waals surface area contributed by atoms with Gasteiger partial charge in [0.1, 0.15) is 11.6 Å². The number of benzene rings is 1. The van der Waals surface area contributed by atoms with Crippen molar-refractivity contribution in [3.05, 3.63) is 52.9 Å². The third-order valence-corrected chi connectivity index (χ3v) is 2.32. The highest BCUT2D eigenvalue weighted by molar-refractivity contribution is 6.32. The Labute approximate surface area is 102 Å². The van der Waals surface area contributed by atoms with Gasteiger partial charge in [-0.1, -0.05) is 11.6 Å². The van der Waals surface area contributed by atoms with Crippen LogP contribution in [0, 0.1) is 5.82 Å². The predicted octanol–water partition coefficient (Wildman–Crippen LogP) is 3.48. The van der Waals surface area contributed by atoms with Crippen LogP contribution in [-0.2, 0) is 0 Å². The second-order valence-electron chi connectivity index (χ2n) is 3.19. The van der Waals surface area contributed by atoms with Crippen molar-refractivity contribution in [1.82, 2.24) is 4.98 Å². The number of aldehydes is 1. The van der Waals surface area contributed by atoms with Crippen molar-refractivity contribution in [3.63, 3.8) is 0 Å². The van der Waals surface area contributed by atoms with Crippen molar-refractivity contribution in [1.29, 1.82) is 0 Å². The number of rotatable bonds is 3. The molecule has 0 fully saturated rings. The van der Waals surface area contributed by atoms with Gasteiger partial charge in [-0.2, -0.15) is 0 Å². The van der Waals surface area contributed by atoms with Crippen LogP contribution in [0.1, 0.15) is 10.4 Å². The van der Waals surface area contributed by atoms with E-state index in [0.29, 0.717) is 11.8 Å². The summed E-state index contributed by atoms with van der Waals surface area (Å²) in [5.74, 6) is -0.0788. The molecule has 0 unspecified atom stereocenters. The molecule has 0 N–H and O–H groups in total. The van der Waals surface area contributed by atoms with Crippen LogP contribution >= 0.6 is 11.6 Å². The molecule has 2 aromatic rings. The Morgan fingerprint density at radius 1 is 1.35 bits per heavy atom. The smallest absolute Gasteiger partial charge is 0.229 e. The Kier molecular flexibility index (Phi) is 3.35. The summed E-state index contributed by atoms with van der Waals surface area (Å²) in [5.41, 5.74) is 0.299. The van der Waals surface area contributed by atoms with Crippen LogP contribution in [0.3, 0.4) is 0 Å². The fraction of sp³-hybridized carbons (Fsp3) is 0. The molecule has 86 valence electrons. The average Bonchev–Trinajstić information content (AvgIpc) is 2.33. The van der Waals surface area contributed by atoms with E-state index in [0.717, 1.165) is 6.07 Å². The molecule has 17 heavy (non-hydrogen) atoms. The Hall–Kier alpha value is -1.94. The lowest BCUT2D eigenvalue weighted by molar-refractivity contribution is 0.112. The van der Waals surface area contributed by atoms with E-state index in [1.165, 1.54) is 18.3 Å². The minimum absolute atomic E-state index is 0.118. The van der Waals surface area contributed by atoms with Crippen LogP contribution in [0.15, 0.2) is 36.5 Å². The second kappa shape index (κ2) is 4.93. The first-order chi connectivity index (χ1) is 8.20. The Morgan fingerprint density at radius 2 is 2.18 bits per heavy atom. The lowest BCUT2D eigenvalue weighted by atomic mass is 10.3. The molecule has 1 heterocycles. The minimum atomic E-state index is -0.459. The summed E-state index contributed by atoms with van der Waals surface area (Å²) in [6, 6.07) is 6.89. The summed E-state index contributed by atoms with van der Waals surface area (Å²) in [6.07, 6.45) is 2.11. The van der Waals surface area contributed by atoms with Crippen LogP contribution in [-0.4, -0.2) is 11.3 Å². The molecule has 0 radical (unpaired) electrons. The van der Waals surface area contributed by atoms with Gasteiger partial charge in [0, 0.05) is 6.20 Å². The number of hydrogen-bond acceptors (Lipinski definition) is 3. The highest BCUT2D eigenvalue weighted by atomic mass is 35.5. The standard InChI is InChI=1S/C12H7ClFNO2/c13-10-6-9(14)3-4-11(10)17-12-8(7-16)2-1-5-15-12/h1-7H. The van der Waals surface area contributed by atoms with E-state index in [9.17, 15) is 9.18 Å². The van der Waals surface area contributed by atoms with E-state index in [2.05, 4.69) is 4.98 Å². The van der Waals surface area contributed by atoms with Gasteiger partial charge in [-0.3, -0.25) is 4.79 Å². The van der Waals surface area contributed by atoms with Crippen molar-refractivity contribution < 1.29 is 13.9 Å². The molecule has 5 heteroatoms. The van der Waals surface area contributed by atoms with E-state index in [1.54, 1.807) is 12.1 Å². The van der Waals surface area contributed by atoms with Gasteiger partial charge in [-0.15, -0.1) is 0 Å². The molecule has 1 aromatic heterocycles. The number of nitrogens with zero attached hydrogens (tertiary/aromatic N) is 1. The highest BCUT2D eigenvalue weighted by Crippen LogP contribution is 2.29. The van der Waals surface area contributed by atoms with E-state index in [1.807, 2.05) is 0 Å². The van der Waals surface area contributed by atoms with Crippen LogP contribution in [0.25, 0.3) is 0 Å². The van der Waals surface area contributed by atoms with E-state index in [-0.39, 0.29) is 16.7 Å². The van der Waals surface area contributed by atoms with Gasteiger partial charge in [-0.25, -0.2) is 9.37 Å². The lowest BCUT2D eigenvalue weighted by Crippen LogP contribution is -1.93. The van der Waals surface area contributed by atoms with Crippen molar-refractivity contribution in [2.24, 2.45) is 0 Å². The summed E-state index contributed by atoms with van der Waals surface area (Å²) < 4.78 is 18.2. The molecule has 0 spiro atoms. The van der Waals surface area contributed by atoms with Crippen molar-refractivity contribution in [2.45, 2.75) is 0 Å². The number of carbonyl (C=O) groups is 1. The lowest BCUT2D eigenvalue weighted by Gasteiger charge is -2.07. The topological polar surface area (TPSA) is 39.2 Å². The largest absolute Gasteiger partial charge is 0.437 e. The number of halogens is 2. The normalized spacial score (nSPS) is 10.0. The third-order valence-electron chi connectivity index (χ3n) is 2.03. The van der Waals surface area contributed by atoms with E-state index < -0.39 is 5.82 Å². The van der Waals surface area contributed by atoms with Gasteiger partial charge in [0.2, 0.25) is 5.88 Å². The molecule has 1 aromatic carbocycles. The molecule has 0 amide bonds.